The molecule has 0 unspecified atom stereocenters. The maximum atomic E-state index is 0. The first kappa shape index (κ1) is 41.2. The van der Waals surface area contributed by atoms with Crippen LogP contribution < -0.4 is 0 Å². The molecular formula is H5CsI5. The molecule has 0 amide bonds. The zero-order chi connectivity index (χ0) is 0. The summed E-state index contributed by atoms with van der Waals surface area (Å²) in [6.45, 7) is 0. The minimum absolute atomic E-state index is 0. The van der Waals surface area contributed by atoms with Crippen LogP contribution in [0.2, 0.25) is 0 Å². The van der Waals surface area contributed by atoms with E-state index in [0.29, 0.717) is 0 Å². The summed E-state index contributed by atoms with van der Waals surface area (Å²) in [7, 11) is 0. The molecule has 6 heteroatoms. The molecule has 0 aliphatic carbocycles. The predicted octanol–water partition coefficient (Wildman–Crippen LogP) is 2.71. The van der Waals surface area contributed by atoms with Gasteiger partial charge in [-0.2, -0.15) is 0 Å². The molecule has 1 radical (unpaired) electrons. The molecule has 0 aromatic rings. The van der Waals surface area contributed by atoms with Gasteiger partial charge in [-0.3, -0.25) is 0 Å². The number of hydrogen-bond acceptors (Lipinski definition) is 0. The number of rotatable bonds is 0. The van der Waals surface area contributed by atoms with Crippen LogP contribution in [0.4, 0.5) is 0 Å². The van der Waals surface area contributed by atoms with Crippen molar-refractivity contribution in [2.24, 2.45) is 0 Å². The molecule has 0 aromatic heterocycles. The second-order valence-electron chi connectivity index (χ2n) is 0. The van der Waals surface area contributed by atoms with E-state index < -0.39 is 0 Å². The third-order valence-corrected chi connectivity index (χ3v) is 0. The van der Waals surface area contributed by atoms with E-state index in [-0.39, 0.29) is 189 Å². The molecule has 0 saturated carbocycles. The van der Waals surface area contributed by atoms with E-state index in [1.807, 2.05) is 0 Å². The monoisotopic (exact) mass is 772 g/mol. The zero-order valence-electron chi connectivity index (χ0n) is 3.04. The molecular weight excluding hydrogens is 767 g/mol. The topological polar surface area (TPSA) is 0 Å². The Morgan fingerprint density at radius 2 is 0.333 bits per heavy atom. The van der Waals surface area contributed by atoms with Gasteiger partial charge in [0.1, 0.15) is 0 Å². The minimum Gasteiger partial charge on any atom is -0.107 e. The zero-order valence-corrected chi connectivity index (χ0v) is 21.0. The Balaban J connectivity index is 0. The third-order valence-electron chi connectivity index (χ3n) is 0. The van der Waals surface area contributed by atoms with Gasteiger partial charge in [-0.1, -0.05) is 0 Å². The minimum atomic E-state index is 0. The first-order valence-corrected chi connectivity index (χ1v) is 0. The summed E-state index contributed by atoms with van der Waals surface area (Å²) >= 11 is 0. The van der Waals surface area contributed by atoms with Crippen molar-refractivity contribution in [1.29, 1.82) is 0 Å². The van der Waals surface area contributed by atoms with Crippen LogP contribution in [0.5, 0.6) is 0 Å². The largest absolute Gasteiger partial charge is 0.107 e. The fraction of sp³-hybridized carbons (Fsp3) is 0. The van der Waals surface area contributed by atoms with Gasteiger partial charge in [-0.05, 0) is 0 Å². The molecule has 41 valence electrons. The number of halogens is 5. The molecule has 0 atom stereocenters. The molecule has 0 N–H and O–H groups in total. The number of hydrogen-bond donors (Lipinski definition) is 0. The standard InChI is InChI=1S/Cs.5HI/h;5*1H. The van der Waals surface area contributed by atoms with Gasteiger partial charge in [0.2, 0.25) is 0 Å². The molecule has 6 heavy (non-hydrogen) atoms. The van der Waals surface area contributed by atoms with Crippen molar-refractivity contribution in [3.8, 4) is 0 Å². The van der Waals surface area contributed by atoms with E-state index in [1.54, 1.807) is 0 Å². The summed E-state index contributed by atoms with van der Waals surface area (Å²) in [4.78, 5) is 0. The molecule has 0 nitrogen and oxygen atoms in total. The maximum absolute atomic E-state index is 0. The van der Waals surface area contributed by atoms with Gasteiger partial charge < -0.3 is 0 Å². The van der Waals surface area contributed by atoms with Gasteiger partial charge >= 0.3 is 0 Å². The summed E-state index contributed by atoms with van der Waals surface area (Å²) in [5, 5.41) is 0. The van der Waals surface area contributed by atoms with Crippen LogP contribution in [0.1, 0.15) is 0 Å². The second-order valence-corrected chi connectivity index (χ2v) is 0. The molecule has 0 bridgehead atoms. The van der Waals surface area contributed by atoms with E-state index in [4.69, 9.17) is 0 Å². The SMILES string of the molecule is I.I.I.I.I.[Cs]. The Kier molecular flexibility index (Phi) is 213. The molecule has 0 aliphatic heterocycles. The Hall–Kier alpha value is 5.70. The van der Waals surface area contributed by atoms with Crippen LogP contribution in [0.25, 0.3) is 0 Å². The smallest absolute Gasteiger partial charge is 0 e. The molecule has 0 aromatic carbocycles. The van der Waals surface area contributed by atoms with Gasteiger partial charge in [0, 0.05) is 68.9 Å². The Morgan fingerprint density at radius 1 is 0.333 bits per heavy atom. The summed E-state index contributed by atoms with van der Waals surface area (Å²) in [5.74, 6) is 0. The fourth-order valence-electron chi connectivity index (χ4n) is 0. The maximum Gasteiger partial charge on any atom is 0 e. The normalized spacial score (nSPS) is 0. The van der Waals surface area contributed by atoms with Crippen molar-refractivity contribution in [2.45, 2.75) is 0 Å². The van der Waals surface area contributed by atoms with Crippen molar-refractivity contribution in [1.82, 2.24) is 0 Å². The van der Waals surface area contributed by atoms with Gasteiger partial charge in [-0.25, -0.2) is 0 Å². The molecule has 0 spiro atoms. The Bertz CT molecular complexity index is 3.90. The van der Waals surface area contributed by atoms with E-state index in [2.05, 4.69) is 0 Å². The molecule has 0 saturated heterocycles. The van der Waals surface area contributed by atoms with Crippen molar-refractivity contribution in [3.63, 3.8) is 0 Å². The van der Waals surface area contributed by atoms with Crippen LogP contribution in [-0.4, -0.2) is 68.9 Å². The molecule has 0 fully saturated rings. The van der Waals surface area contributed by atoms with Crippen LogP contribution in [0.15, 0.2) is 0 Å². The quantitative estimate of drug-likeness (QED) is 0.333. The van der Waals surface area contributed by atoms with Crippen LogP contribution in [0.3, 0.4) is 0 Å². The van der Waals surface area contributed by atoms with Gasteiger partial charge in [-0.15, -0.1) is 120 Å². The molecule has 0 rings (SSSR count). The van der Waals surface area contributed by atoms with Crippen molar-refractivity contribution < 1.29 is 0 Å². The first-order chi connectivity index (χ1) is 0. The van der Waals surface area contributed by atoms with E-state index in [9.17, 15) is 0 Å². The van der Waals surface area contributed by atoms with Crippen molar-refractivity contribution in [2.75, 3.05) is 0 Å². The Morgan fingerprint density at radius 3 is 0.333 bits per heavy atom. The molecule has 0 heterocycles. The second kappa shape index (κ2) is 31.0. The summed E-state index contributed by atoms with van der Waals surface area (Å²) < 4.78 is 0. The predicted molar refractivity (Wildman–Crippen MR) is 82.8 cm³/mol. The van der Waals surface area contributed by atoms with E-state index >= 15 is 0 Å². The van der Waals surface area contributed by atoms with Crippen LogP contribution >= 0.6 is 120 Å². The summed E-state index contributed by atoms with van der Waals surface area (Å²) in [5.41, 5.74) is 0. The molecule has 0 aliphatic rings. The van der Waals surface area contributed by atoms with Gasteiger partial charge in [0.15, 0.2) is 0 Å². The van der Waals surface area contributed by atoms with Gasteiger partial charge in [0.25, 0.3) is 0 Å². The first-order valence-electron chi connectivity index (χ1n) is 0. The van der Waals surface area contributed by atoms with E-state index in [1.165, 1.54) is 0 Å². The fourth-order valence-corrected chi connectivity index (χ4v) is 0. The average Bonchev–Trinajstić information content (AvgIpc) is 0. The van der Waals surface area contributed by atoms with Crippen molar-refractivity contribution >= 4 is 189 Å². The average molecular weight is 772 g/mol. The van der Waals surface area contributed by atoms with Gasteiger partial charge in [0.05, 0.1) is 0 Å². The third kappa shape index (κ3) is 22.6. The van der Waals surface area contributed by atoms with Crippen LogP contribution in [-0.2, 0) is 0 Å². The van der Waals surface area contributed by atoms with Crippen LogP contribution in [0, 0.1) is 0 Å². The Labute approximate surface area is 182 Å². The summed E-state index contributed by atoms with van der Waals surface area (Å²) in [6.07, 6.45) is 0. The van der Waals surface area contributed by atoms with E-state index in [0.717, 1.165) is 0 Å². The summed E-state index contributed by atoms with van der Waals surface area (Å²) in [6, 6.07) is 0. The van der Waals surface area contributed by atoms with Crippen molar-refractivity contribution in [3.05, 3.63) is 0 Å².